The van der Waals surface area contributed by atoms with Crippen LogP contribution in [0.2, 0.25) is 5.02 Å². The third-order valence-corrected chi connectivity index (χ3v) is 3.94. The molecule has 1 rings (SSSR count). The van der Waals surface area contributed by atoms with Crippen molar-refractivity contribution in [3.05, 3.63) is 28.8 Å². The Bertz CT molecular complexity index is 416. The van der Waals surface area contributed by atoms with Crippen LogP contribution in [0, 0.1) is 5.92 Å². The lowest BCUT2D eigenvalue weighted by Crippen LogP contribution is -2.25. The van der Waals surface area contributed by atoms with Crippen molar-refractivity contribution in [2.45, 2.75) is 39.7 Å². The molecule has 1 aromatic carbocycles. The van der Waals surface area contributed by atoms with Crippen molar-refractivity contribution in [2.24, 2.45) is 11.7 Å². The van der Waals surface area contributed by atoms with E-state index in [1.165, 1.54) is 0 Å². The van der Waals surface area contributed by atoms with Crippen LogP contribution in [0.25, 0.3) is 0 Å². The molecule has 0 spiro atoms. The van der Waals surface area contributed by atoms with Gasteiger partial charge in [0, 0.05) is 11.6 Å². The van der Waals surface area contributed by atoms with Crippen molar-refractivity contribution in [1.82, 2.24) is 0 Å². The first-order valence-electron chi connectivity index (χ1n) is 6.35. The molecule has 0 saturated heterocycles. The SMILES string of the molecule is CCC(CC)C(C)Nc1ccc(C(N)=S)cc1Cl. The minimum absolute atomic E-state index is 0.372. The number of nitrogens with one attached hydrogen (secondary N) is 1. The first-order chi connectivity index (χ1) is 8.49. The summed E-state index contributed by atoms with van der Waals surface area (Å²) in [4.78, 5) is 0.372. The fourth-order valence-electron chi connectivity index (χ4n) is 2.14. The zero-order valence-corrected chi connectivity index (χ0v) is 12.7. The maximum Gasteiger partial charge on any atom is 0.104 e. The molecule has 0 aliphatic carbocycles. The summed E-state index contributed by atoms with van der Waals surface area (Å²) in [5, 5.41) is 4.13. The van der Waals surface area contributed by atoms with E-state index in [9.17, 15) is 0 Å². The van der Waals surface area contributed by atoms with Crippen molar-refractivity contribution in [2.75, 3.05) is 5.32 Å². The number of benzene rings is 1. The number of anilines is 1. The first kappa shape index (κ1) is 15.3. The fourth-order valence-corrected chi connectivity index (χ4v) is 2.51. The van der Waals surface area contributed by atoms with Gasteiger partial charge in [-0.2, -0.15) is 0 Å². The summed E-state index contributed by atoms with van der Waals surface area (Å²) in [6.45, 7) is 6.61. The van der Waals surface area contributed by atoms with Crippen molar-refractivity contribution >= 4 is 34.5 Å². The second-order valence-electron chi connectivity index (χ2n) is 4.57. The minimum atomic E-state index is 0.372. The molecule has 100 valence electrons. The van der Waals surface area contributed by atoms with Crippen LogP contribution in [0.5, 0.6) is 0 Å². The van der Waals surface area contributed by atoms with Gasteiger partial charge >= 0.3 is 0 Å². The highest BCUT2D eigenvalue weighted by molar-refractivity contribution is 7.80. The number of halogens is 1. The van der Waals surface area contributed by atoms with Gasteiger partial charge in [-0.15, -0.1) is 0 Å². The molecule has 2 nitrogen and oxygen atoms in total. The summed E-state index contributed by atoms with van der Waals surface area (Å²) < 4.78 is 0. The lowest BCUT2D eigenvalue weighted by molar-refractivity contribution is 0.438. The van der Waals surface area contributed by atoms with Gasteiger partial charge in [-0.05, 0) is 31.0 Å². The van der Waals surface area contributed by atoms with Crippen LogP contribution in [-0.4, -0.2) is 11.0 Å². The normalized spacial score (nSPS) is 12.5. The molecule has 0 radical (unpaired) electrons. The van der Waals surface area contributed by atoms with Crippen LogP contribution in [-0.2, 0) is 0 Å². The Hall–Kier alpha value is -0.800. The van der Waals surface area contributed by atoms with E-state index in [4.69, 9.17) is 29.6 Å². The van der Waals surface area contributed by atoms with E-state index in [-0.39, 0.29) is 0 Å². The largest absolute Gasteiger partial charge is 0.389 e. The van der Waals surface area contributed by atoms with Crippen molar-refractivity contribution in [3.8, 4) is 0 Å². The number of nitrogens with two attached hydrogens (primary N) is 1. The maximum atomic E-state index is 6.23. The molecule has 18 heavy (non-hydrogen) atoms. The van der Waals surface area contributed by atoms with Gasteiger partial charge in [0.05, 0.1) is 10.7 Å². The number of rotatable bonds is 6. The second-order valence-corrected chi connectivity index (χ2v) is 5.42. The lowest BCUT2D eigenvalue weighted by atomic mass is 9.95. The van der Waals surface area contributed by atoms with E-state index in [0.717, 1.165) is 24.1 Å². The van der Waals surface area contributed by atoms with Gasteiger partial charge in [0.2, 0.25) is 0 Å². The van der Waals surface area contributed by atoms with E-state index >= 15 is 0 Å². The molecule has 0 aromatic heterocycles. The van der Waals surface area contributed by atoms with E-state index in [2.05, 4.69) is 26.1 Å². The Morgan fingerprint density at radius 1 is 1.39 bits per heavy atom. The summed E-state index contributed by atoms with van der Waals surface area (Å²) in [5.41, 5.74) is 7.32. The highest BCUT2D eigenvalue weighted by Gasteiger charge is 2.14. The third-order valence-electron chi connectivity index (χ3n) is 3.39. The van der Waals surface area contributed by atoms with Crippen molar-refractivity contribution in [1.29, 1.82) is 0 Å². The van der Waals surface area contributed by atoms with Crippen LogP contribution in [0.3, 0.4) is 0 Å². The second kappa shape index (κ2) is 6.95. The van der Waals surface area contributed by atoms with E-state index < -0.39 is 0 Å². The van der Waals surface area contributed by atoms with E-state index in [1.54, 1.807) is 0 Å². The summed E-state index contributed by atoms with van der Waals surface area (Å²) in [6, 6.07) is 6.05. The van der Waals surface area contributed by atoms with Gasteiger partial charge in [0.1, 0.15) is 4.99 Å². The molecule has 0 bridgehead atoms. The Balaban J connectivity index is 2.82. The number of hydrogen-bond acceptors (Lipinski definition) is 2. The number of thiocarbonyl (C=S) groups is 1. The molecule has 4 heteroatoms. The predicted octanol–water partition coefficient (Wildman–Crippen LogP) is 4.21. The summed E-state index contributed by atoms with van der Waals surface area (Å²) >= 11 is 11.2. The molecule has 3 N–H and O–H groups in total. The van der Waals surface area contributed by atoms with Crippen LogP contribution < -0.4 is 11.1 Å². The Labute approximate surface area is 120 Å². The topological polar surface area (TPSA) is 38.0 Å². The molecule has 1 atom stereocenters. The molecular formula is C14H21ClN2S. The van der Waals surface area contributed by atoms with Gasteiger partial charge in [-0.1, -0.05) is 50.5 Å². The molecule has 0 heterocycles. The average molecular weight is 285 g/mol. The van der Waals surface area contributed by atoms with Gasteiger partial charge in [0.25, 0.3) is 0 Å². The summed E-state index contributed by atoms with van der Waals surface area (Å²) in [7, 11) is 0. The highest BCUT2D eigenvalue weighted by Crippen LogP contribution is 2.26. The molecule has 0 aliphatic heterocycles. The zero-order chi connectivity index (χ0) is 13.7. The monoisotopic (exact) mass is 284 g/mol. The fraction of sp³-hybridized carbons (Fsp3) is 0.500. The smallest absolute Gasteiger partial charge is 0.104 e. The van der Waals surface area contributed by atoms with Crippen LogP contribution in [0.15, 0.2) is 18.2 Å². The molecule has 0 saturated carbocycles. The van der Waals surface area contributed by atoms with Crippen LogP contribution in [0.1, 0.15) is 39.2 Å². The standard InChI is InChI=1S/C14H21ClN2S/c1-4-10(5-2)9(3)17-13-7-6-11(14(16)18)8-12(13)15/h6-10,17H,4-5H2,1-3H3,(H2,16,18). The number of hydrogen-bond donors (Lipinski definition) is 2. The van der Waals surface area contributed by atoms with Gasteiger partial charge in [-0.3, -0.25) is 0 Å². The molecular weight excluding hydrogens is 264 g/mol. The molecule has 0 amide bonds. The first-order valence-corrected chi connectivity index (χ1v) is 7.14. The third kappa shape index (κ3) is 3.85. The summed E-state index contributed by atoms with van der Waals surface area (Å²) in [5.74, 6) is 0.649. The van der Waals surface area contributed by atoms with Crippen LogP contribution in [0.4, 0.5) is 5.69 Å². The van der Waals surface area contributed by atoms with E-state index in [0.29, 0.717) is 22.0 Å². The predicted molar refractivity (Wildman–Crippen MR) is 84.5 cm³/mol. The average Bonchev–Trinajstić information content (AvgIpc) is 2.33. The Morgan fingerprint density at radius 3 is 2.44 bits per heavy atom. The Kier molecular flexibility index (Phi) is 5.89. The highest BCUT2D eigenvalue weighted by atomic mass is 35.5. The van der Waals surface area contributed by atoms with Crippen LogP contribution >= 0.6 is 23.8 Å². The van der Waals surface area contributed by atoms with Gasteiger partial charge < -0.3 is 11.1 Å². The van der Waals surface area contributed by atoms with Crippen molar-refractivity contribution in [3.63, 3.8) is 0 Å². The summed E-state index contributed by atoms with van der Waals surface area (Å²) in [6.07, 6.45) is 2.32. The van der Waals surface area contributed by atoms with Gasteiger partial charge in [0.15, 0.2) is 0 Å². The Morgan fingerprint density at radius 2 is 2.00 bits per heavy atom. The van der Waals surface area contributed by atoms with Gasteiger partial charge in [-0.25, -0.2) is 0 Å². The minimum Gasteiger partial charge on any atom is -0.389 e. The van der Waals surface area contributed by atoms with E-state index in [1.807, 2.05) is 18.2 Å². The molecule has 0 aliphatic rings. The van der Waals surface area contributed by atoms with Crippen molar-refractivity contribution < 1.29 is 0 Å². The quantitative estimate of drug-likeness (QED) is 0.769. The molecule has 1 unspecified atom stereocenters. The molecule has 1 aromatic rings. The maximum absolute atomic E-state index is 6.23. The lowest BCUT2D eigenvalue weighted by Gasteiger charge is -2.24. The zero-order valence-electron chi connectivity index (χ0n) is 11.2. The molecule has 0 fully saturated rings.